The summed E-state index contributed by atoms with van der Waals surface area (Å²) in [5.74, 6) is 0.113. The fourth-order valence-corrected chi connectivity index (χ4v) is 3.51. The summed E-state index contributed by atoms with van der Waals surface area (Å²) < 4.78 is 5.31. The van der Waals surface area contributed by atoms with E-state index in [2.05, 4.69) is 5.32 Å². The van der Waals surface area contributed by atoms with Crippen LogP contribution in [-0.4, -0.2) is 36.4 Å². The monoisotopic (exact) mass is 406 g/mol. The van der Waals surface area contributed by atoms with E-state index in [4.69, 9.17) is 27.9 Å². The zero-order valence-electron chi connectivity index (χ0n) is 15.1. The highest BCUT2D eigenvalue weighted by Gasteiger charge is 2.35. The first-order valence-electron chi connectivity index (χ1n) is 8.62. The molecule has 5 nitrogen and oxygen atoms in total. The standard InChI is InChI=1S/C20H20Cl2N2O3/c1-12-5-8-18(27-2)16(10-12)23-19(25)17-4-3-9-24(17)20(26)13-6-7-14(21)15(22)11-13/h5-8,10-11,17H,3-4,9H2,1-2H3,(H,23,25). The van der Waals surface area contributed by atoms with Crippen molar-refractivity contribution in [3.63, 3.8) is 0 Å². The van der Waals surface area contributed by atoms with Crippen molar-refractivity contribution in [3.8, 4) is 5.75 Å². The number of likely N-dealkylation sites (tertiary alicyclic amines) is 1. The summed E-state index contributed by atoms with van der Waals surface area (Å²) in [5.41, 5.74) is 2.01. The Bertz CT molecular complexity index is 886. The Morgan fingerprint density at radius 3 is 2.63 bits per heavy atom. The van der Waals surface area contributed by atoms with Gasteiger partial charge in [-0.15, -0.1) is 0 Å². The smallest absolute Gasteiger partial charge is 0.254 e. The number of carbonyl (C=O) groups excluding carboxylic acids is 2. The van der Waals surface area contributed by atoms with E-state index in [1.54, 1.807) is 30.2 Å². The molecule has 0 spiro atoms. The van der Waals surface area contributed by atoms with Crippen molar-refractivity contribution in [2.75, 3.05) is 19.0 Å². The van der Waals surface area contributed by atoms with Gasteiger partial charge in [0.25, 0.3) is 5.91 Å². The Morgan fingerprint density at radius 2 is 1.93 bits per heavy atom. The van der Waals surface area contributed by atoms with E-state index in [9.17, 15) is 9.59 Å². The maximum Gasteiger partial charge on any atom is 0.254 e. The average Bonchev–Trinajstić information content (AvgIpc) is 3.13. The van der Waals surface area contributed by atoms with Crippen LogP contribution in [0.25, 0.3) is 0 Å². The molecule has 3 rings (SSSR count). The van der Waals surface area contributed by atoms with E-state index in [0.29, 0.717) is 40.0 Å². The van der Waals surface area contributed by atoms with Gasteiger partial charge in [-0.25, -0.2) is 0 Å². The Labute approximate surface area is 168 Å². The molecule has 0 radical (unpaired) electrons. The molecule has 1 saturated heterocycles. The number of nitrogens with zero attached hydrogens (tertiary/aromatic N) is 1. The zero-order valence-corrected chi connectivity index (χ0v) is 16.6. The van der Waals surface area contributed by atoms with Gasteiger partial charge in [-0.05, 0) is 55.7 Å². The third-order valence-corrected chi connectivity index (χ3v) is 5.33. The minimum Gasteiger partial charge on any atom is -0.495 e. The normalized spacial score (nSPS) is 16.3. The molecule has 0 aromatic heterocycles. The van der Waals surface area contributed by atoms with Crippen molar-refractivity contribution in [2.24, 2.45) is 0 Å². The van der Waals surface area contributed by atoms with Crippen molar-refractivity contribution in [1.82, 2.24) is 4.90 Å². The molecular weight excluding hydrogens is 387 g/mol. The van der Waals surface area contributed by atoms with Crippen LogP contribution in [0.5, 0.6) is 5.75 Å². The fourth-order valence-electron chi connectivity index (χ4n) is 3.21. The molecule has 142 valence electrons. The molecule has 1 aliphatic rings. The molecule has 7 heteroatoms. The molecule has 1 N–H and O–H groups in total. The molecule has 1 atom stereocenters. The molecule has 2 aromatic rings. The van der Waals surface area contributed by atoms with Crippen LogP contribution in [0.1, 0.15) is 28.8 Å². The summed E-state index contributed by atoms with van der Waals surface area (Å²) >= 11 is 11.9. The lowest BCUT2D eigenvalue weighted by Gasteiger charge is -2.24. The van der Waals surface area contributed by atoms with Crippen LogP contribution in [0.4, 0.5) is 5.69 Å². The van der Waals surface area contributed by atoms with Crippen molar-refractivity contribution < 1.29 is 14.3 Å². The van der Waals surface area contributed by atoms with Crippen LogP contribution in [0.2, 0.25) is 10.0 Å². The Morgan fingerprint density at radius 1 is 1.15 bits per heavy atom. The average molecular weight is 407 g/mol. The topological polar surface area (TPSA) is 58.6 Å². The second-order valence-electron chi connectivity index (χ2n) is 6.48. The second kappa shape index (κ2) is 8.19. The number of methoxy groups -OCH3 is 1. The largest absolute Gasteiger partial charge is 0.495 e. The third kappa shape index (κ3) is 4.20. The van der Waals surface area contributed by atoms with Crippen molar-refractivity contribution >= 4 is 40.7 Å². The summed E-state index contributed by atoms with van der Waals surface area (Å²) in [6.07, 6.45) is 1.36. The number of benzene rings is 2. The lowest BCUT2D eigenvalue weighted by atomic mass is 10.1. The molecule has 1 unspecified atom stereocenters. The summed E-state index contributed by atoms with van der Waals surface area (Å²) in [6.45, 7) is 2.45. The predicted molar refractivity (Wildman–Crippen MR) is 107 cm³/mol. The number of amides is 2. The summed E-state index contributed by atoms with van der Waals surface area (Å²) in [6, 6.07) is 9.74. The van der Waals surface area contributed by atoms with Gasteiger partial charge in [-0.1, -0.05) is 29.3 Å². The molecule has 0 saturated carbocycles. The molecule has 0 aliphatic carbocycles. The van der Waals surface area contributed by atoms with Gasteiger partial charge in [0.1, 0.15) is 11.8 Å². The van der Waals surface area contributed by atoms with Crippen LogP contribution in [0, 0.1) is 6.92 Å². The van der Waals surface area contributed by atoms with E-state index in [-0.39, 0.29) is 11.8 Å². The molecular formula is C20H20Cl2N2O3. The van der Waals surface area contributed by atoms with Crippen molar-refractivity contribution in [2.45, 2.75) is 25.8 Å². The highest BCUT2D eigenvalue weighted by atomic mass is 35.5. The van der Waals surface area contributed by atoms with E-state index < -0.39 is 6.04 Å². The second-order valence-corrected chi connectivity index (χ2v) is 7.29. The van der Waals surface area contributed by atoms with E-state index in [1.807, 2.05) is 19.1 Å². The number of hydrogen-bond acceptors (Lipinski definition) is 3. The first-order valence-corrected chi connectivity index (χ1v) is 9.38. The number of carbonyl (C=O) groups is 2. The molecule has 1 fully saturated rings. The summed E-state index contributed by atoms with van der Waals surface area (Å²) in [5, 5.41) is 3.59. The fraction of sp³-hybridized carbons (Fsp3) is 0.300. The molecule has 2 amide bonds. The zero-order chi connectivity index (χ0) is 19.6. The van der Waals surface area contributed by atoms with Gasteiger partial charge >= 0.3 is 0 Å². The van der Waals surface area contributed by atoms with Crippen LogP contribution in [0.3, 0.4) is 0 Å². The van der Waals surface area contributed by atoms with Gasteiger partial charge in [0, 0.05) is 12.1 Å². The van der Waals surface area contributed by atoms with Crippen LogP contribution in [0.15, 0.2) is 36.4 Å². The first-order chi connectivity index (χ1) is 12.9. The molecule has 2 aromatic carbocycles. The minimum absolute atomic E-state index is 0.232. The van der Waals surface area contributed by atoms with Gasteiger partial charge in [-0.2, -0.15) is 0 Å². The molecule has 1 aliphatic heterocycles. The quantitative estimate of drug-likeness (QED) is 0.809. The number of ether oxygens (including phenoxy) is 1. The highest BCUT2D eigenvalue weighted by Crippen LogP contribution is 2.29. The van der Waals surface area contributed by atoms with E-state index in [1.165, 1.54) is 6.07 Å². The third-order valence-electron chi connectivity index (χ3n) is 4.60. The number of anilines is 1. The van der Waals surface area contributed by atoms with Crippen LogP contribution < -0.4 is 10.1 Å². The van der Waals surface area contributed by atoms with Crippen LogP contribution >= 0.6 is 23.2 Å². The maximum absolute atomic E-state index is 12.9. The van der Waals surface area contributed by atoms with Crippen molar-refractivity contribution in [3.05, 3.63) is 57.6 Å². The molecule has 1 heterocycles. The number of nitrogens with one attached hydrogen (secondary N) is 1. The number of halogens is 2. The summed E-state index contributed by atoms with van der Waals surface area (Å²) in [4.78, 5) is 27.3. The highest BCUT2D eigenvalue weighted by molar-refractivity contribution is 6.42. The summed E-state index contributed by atoms with van der Waals surface area (Å²) in [7, 11) is 1.55. The first kappa shape index (κ1) is 19.5. The number of hydrogen-bond donors (Lipinski definition) is 1. The van der Waals surface area contributed by atoms with E-state index >= 15 is 0 Å². The van der Waals surface area contributed by atoms with Gasteiger partial charge in [0.15, 0.2) is 0 Å². The Hall–Kier alpha value is -2.24. The predicted octanol–water partition coefficient (Wildman–Crippen LogP) is 4.55. The maximum atomic E-state index is 12.9. The lowest BCUT2D eigenvalue weighted by molar-refractivity contribution is -0.119. The van der Waals surface area contributed by atoms with Crippen molar-refractivity contribution in [1.29, 1.82) is 0 Å². The number of rotatable bonds is 4. The Kier molecular flexibility index (Phi) is 5.92. The Balaban J connectivity index is 1.79. The SMILES string of the molecule is COc1ccc(C)cc1NC(=O)C1CCCN1C(=O)c1ccc(Cl)c(Cl)c1. The number of aryl methyl sites for hydroxylation is 1. The minimum atomic E-state index is -0.544. The van der Waals surface area contributed by atoms with Gasteiger partial charge in [0.2, 0.25) is 5.91 Å². The van der Waals surface area contributed by atoms with Crippen LogP contribution in [-0.2, 0) is 4.79 Å². The lowest BCUT2D eigenvalue weighted by Crippen LogP contribution is -2.43. The van der Waals surface area contributed by atoms with Gasteiger partial charge in [0.05, 0.1) is 22.8 Å². The molecule has 0 bridgehead atoms. The van der Waals surface area contributed by atoms with E-state index in [0.717, 1.165) is 12.0 Å². The van der Waals surface area contributed by atoms with Gasteiger partial charge in [-0.3, -0.25) is 9.59 Å². The van der Waals surface area contributed by atoms with Gasteiger partial charge < -0.3 is 15.0 Å². The molecule has 27 heavy (non-hydrogen) atoms.